The molecule has 0 amide bonds. The second kappa shape index (κ2) is 7.81. The first-order chi connectivity index (χ1) is 12.4. The van der Waals surface area contributed by atoms with Crippen molar-refractivity contribution in [3.63, 3.8) is 0 Å². The molecule has 1 unspecified atom stereocenters. The molecule has 0 radical (unpaired) electrons. The van der Waals surface area contributed by atoms with Gasteiger partial charge in [0.1, 0.15) is 22.8 Å². The van der Waals surface area contributed by atoms with Gasteiger partial charge in [0.15, 0.2) is 0 Å². The smallest absolute Gasteiger partial charge is 0.340 e. The summed E-state index contributed by atoms with van der Waals surface area (Å²) in [6.07, 6.45) is 0. The maximum atomic E-state index is 12.4. The maximum Gasteiger partial charge on any atom is 0.340 e. The number of esters is 2. The first kappa shape index (κ1) is 19.2. The van der Waals surface area contributed by atoms with Crippen LogP contribution in [0.15, 0.2) is 41.0 Å². The zero-order chi connectivity index (χ0) is 19.4. The van der Waals surface area contributed by atoms with Crippen LogP contribution < -0.4 is 15.2 Å². The Morgan fingerprint density at radius 2 is 1.62 bits per heavy atom. The Balaban J connectivity index is 2.76. The lowest BCUT2D eigenvalue weighted by Crippen LogP contribution is -2.29. The number of carbonyl (C=O) groups is 2. The van der Waals surface area contributed by atoms with Gasteiger partial charge in [-0.05, 0) is 13.0 Å². The predicted octanol–water partition coefficient (Wildman–Crippen LogP) is 1.61. The molecule has 1 aliphatic heterocycles. The van der Waals surface area contributed by atoms with Crippen molar-refractivity contribution in [1.82, 2.24) is 0 Å². The summed E-state index contributed by atoms with van der Waals surface area (Å²) >= 11 is 0. The van der Waals surface area contributed by atoms with E-state index < -0.39 is 17.9 Å². The van der Waals surface area contributed by atoms with Crippen molar-refractivity contribution in [2.24, 2.45) is 5.73 Å². The molecule has 26 heavy (non-hydrogen) atoms. The van der Waals surface area contributed by atoms with E-state index in [9.17, 15) is 9.59 Å². The Kier molecular flexibility index (Phi) is 5.76. The quantitative estimate of drug-likeness (QED) is 0.787. The lowest BCUT2D eigenvalue weighted by molar-refractivity contribution is -0.137. The van der Waals surface area contributed by atoms with Crippen LogP contribution in [0.1, 0.15) is 18.4 Å². The second-order valence-corrected chi connectivity index (χ2v) is 5.37. The van der Waals surface area contributed by atoms with Crippen molar-refractivity contribution in [2.75, 3.05) is 28.4 Å². The van der Waals surface area contributed by atoms with Gasteiger partial charge in [0.05, 0.1) is 39.9 Å². The van der Waals surface area contributed by atoms with E-state index in [-0.39, 0.29) is 22.8 Å². The first-order valence-corrected chi connectivity index (χ1v) is 7.66. The van der Waals surface area contributed by atoms with Gasteiger partial charge in [-0.1, -0.05) is 6.07 Å². The second-order valence-electron chi connectivity index (χ2n) is 5.37. The molecule has 2 rings (SSSR count). The Labute approximate surface area is 151 Å². The molecule has 8 nitrogen and oxygen atoms in total. The van der Waals surface area contributed by atoms with Crippen molar-refractivity contribution in [2.45, 2.75) is 12.8 Å². The van der Waals surface area contributed by atoms with E-state index in [1.54, 1.807) is 25.1 Å². The fourth-order valence-electron chi connectivity index (χ4n) is 2.83. The minimum atomic E-state index is -0.885. The summed E-state index contributed by atoms with van der Waals surface area (Å²) in [6, 6.07) is 5.00. The largest absolute Gasteiger partial charge is 0.497 e. The number of hydrogen-bond acceptors (Lipinski definition) is 8. The molecule has 2 N–H and O–H groups in total. The minimum absolute atomic E-state index is 0.0121. The van der Waals surface area contributed by atoms with Gasteiger partial charge in [0.25, 0.3) is 0 Å². The molecule has 1 aromatic rings. The zero-order valence-corrected chi connectivity index (χ0v) is 15.2. The van der Waals surface area contributed by atoms with Gasteiger partial charge in [-0.25, -0.2) is 9.59 Å². The molecule has 1 heterocycles. The summed E-state index contributed by atoms with van der Waals surface area (Å²) in [7, 11) is 5.44. The number of allylic oxidation sites excluding steroid dienone is 1. The van der Waals surface area contributed by atoms with Gasteiger partial charge in [-0.2, -0.15) is 0 Å². The third-order valence-electron chi connectivity index (χ3n) is 4.05. The molecule has 0 aliphatic carbocycles. The van der Waals surface area contributed by atoms with E-state index in [0.717, 1.165) is 0 Å². The number of nitrogens with two attached hydrogens (primary N) is 1. The number of rotatable bonds is 5. The number of ether oxygens (including phenoxy) is 5. The summed E-state index contributed by atoms with van der Waals surface area (Å²) in [4.78, 5) is 24.8. The van der Waals surface area contributed by atoms with Crippen LogP contribution in [0.3, 0.4) is 0 Å². The van der Waals surface area contributed by atoms with Gasteiger partial charge in [0.2, 0.25) is 5.88 Å². The zero-order valence-electron chi connectivity index (χ0n) is 15.2. The highest BCUT2D eigenvalue weighted by atomic mass is 16.5. The molecular weight excluding hydrogens is 342 g/mol. The average Bonchev–Trinajstić information content (AvgIpc) is 2.65. The highest BCUT2D eigenvalue weighted by Gasteiger charge is 2.41. The number of methoxy groups -OCH3 is 4. The lowest BCUT2D eigenvalue weighted by Gasteiger charge is -2.29. The molecular formula is C18H21NO7. The Bertz CT molecular complexity index is 757. The van der Waals surface area contributed by atoms with E-state index in [1.165, 1.54) is 28.4 Å². The Morgan fingerprint density at radius 1 is 1.00 bits per heavy atom. The summed E-state index contributed by atoms with van der Waals surface area (Å²) in [6.45, 7) is 1.57. The summed E-state index contributed by atoms with van der Waals surface area (Å²) < 4.78 is 25.7. The van der Waals surface area contributed by atoms with Crippen molar-refractivity contribution in [3.05, 3.63) is 46.6 Å². The third-order valence-corrected chi connectivity index (χ3v) is 4.05. The average molecular weight is 363 g/mol. The molecule has 0 bridgehead atoms. The number of hydrogen-bond donors (Lipinski definition) is 1. The highest BCUT2D eigenvalue weighted by Crippen LogP contribution is 2.44. The summed E-state index contributed by atoms with van der Waals surface area (Å²) in [5, 5.41) is 0. The van der Waals surface area contributed by atoms with E-state index in [2.05, 4.69) is 0 Å². The van der Waals surface area contributed by atoms with Gasteiger partial charge >= 0.3 is 11.9 Å². The summed E-state index contributed by atoms with van der Waals surface area (Å²) in [5.41, 5.74) is 6.56. The molecule has 140 valence electrons. The fraction of sp³-hybridized carbons (Fsp3) is 0.333. The highest BCUT2D eigenvalue weighted by molar-refractivity contribution is 5.99. The van der Waals surface area contributed by atoms with Gasteiger partial charge in [-0.15, -0.1) is 0 Å². The molecule has 0 spiro atoms. The van der Waals surface area contributed by atoms with Crippen LogP contribution >= 0.6 is 0 Å². The number of carbonyl (C=O) groups excluding carboxylic acids is 2. The van der Waals surface area contributed by atoms with E-state index in [0.29, 0.717) is 17.1 Å². The van der Waals surface area contributed by atoms with Crippen LogP contribution in [0.4, 0.5) is 0 Å². The van der Waals surface area contributed by atoms with Crippen molar-refractivity contribution < 1.29 is 33.3 Å². The molecule has 8 heteroatoms. The fourth-order valence-corrected chi connectivity index (χ4v) is 2.83. The summed E-state index contributed by atoms with van der Waals surface area (Å²) in [5.74, 6) is -1.23. The van der Waals surface area contributed by atoms with Crippen LogP contribution in [0.5, 0.6) is 11.5 Å². The van der Waals surface area contributed by atoms with Crippen molar-refractivity contribution in [3.8, 4) is 11.5 Å². The molecule has 1 atom stereocenters. The van der Waals surface area contributed by atoms with Crippen molar-refractivity contribution in [1.29, 1.82) is 0 Å². The maximum absolute atomic E-state index is 12.4. The normalized spacial score (nSPS) is 16.7. The molecule has 1 aliphatic rings. The monoisotopic (exact) mass is 363 g/mol. The standard InChI is InChI=1S/C18H21NO7/c1-9-13(17(20)24-4)14(15(16(19)26-9)18(21)25-5)11-7-6-10(22-2)8-12(11)23-3/h6-8,14H,19H2,1-5H3. The van der Waals surface area contributed by atoms with E-state index in [4.69, 9.17) is 29.4 Å². The Morgan fingerprint density at radius 3 is 2.15 bits per heavy atom. The van der Waals surface area contributed by atoms with Crippen LogP contribution in [-0.4, -0.2) is 40.4 Å². The number of benzene rings is 1. The first-order valence-electron chi connectivity index (χ1n) is 7.66. The molecule has 0 saturated heterocycles. The van der Waals surface area contributed by atoms with Crippen LogP contribution in [0, 0.1) is 0 Å². The van der Waals surface area contributed by atoms with Gasteiger partial charge in [-0.3, -0.25) is 0 Å². The van der Waals surface area contributed by atoms with Gasteiger partial charge in [0, 0.05) is 11.6 Å². The van der Waals surface area contributed by atoms with Crippen LogP contribution in [0.25, 0.3) is 0 Å². The SMILES string of the molecule is COC(=O)C1=C(C)OC(N)=C(C(=O)OC)C1c1ccc(OC)cc1OC. The third kappa shape index (κ3) is 3.30. The van der Waals surface area contributed by atoms with Crippen molar-refractivity contribution >= 4 is 11.9 Å². The van der Waals surface area contributed by atoms with E-state index >= 15 is 0 Å². The van der Waals surface area contributed by atoms with Crippen LogP contribution in [0.2, 0.25) is 0 Å². The lowest BCUT2D eigenvalue weighted by atomic mass is 9.82. The molecule has 0 aromatic heterocycles. The molecule has 1 aromatic carbocycles. The van der Waals surface area contributed by atoms with Crippen LogP contribution in [-0.2, 0) is 23.8 Å². The van der Waals surface area contributed by atoms with E-state index in [1.807, 2.05) is 0 Å². The minimum Gasteiger partial charge on any atom is -0.497 e. The predicted molar refractivity (Wildman–Crippen MR) is 91.3 cm³/mol. The molecule has 0 fully saturated rings. The topological polar surface area (TPSA) is 106 Å². The molecule has 0 saturated carbocycles. The Hall–Kier alpha value is -3.16. The van der Waals surface area contributed by atoms with Gasteiger partial charge < -0.3 is 29.4 Å².